The fourth-order valence-corrected chi connectivity index (χ4v) is 4.11. The van der Waals surface area contributed by atoms with E-state index in [9.17, 15) is 23.1 Å². The van der Waals surface area contributed by atoms with Crippen LogP contribution in [-0.4, -0.2) is 25.8 Å². The van der Waals surface area contributed by atoms with Gasteiger partial charge in [0.25, 0.3) is 5.91 Å². The van der Waals surface area contributed by atoms with E-state index in [2.05, 4.69) is 10.2 Å². The van der Waals surface area contributed by atoms with Gasteiger partial charge in [0.05, 0.1) is 17.7 Å². The lowest BCUT2D eigenvalue weighted by atomic mass is 9.91. The molecule has 1 N–H and O–H groups in total. The SMILES string of the molecule is C[C@H](Cc1nncn1C)c1cccc(N2Cc3c(cc(C(C)(C)O)cc3C(F)(F)F)C2=O)c1. The number of rotatable bonds is 5. The first-order valence-electron chi connectivity index (χ1n) is 10.6. The summed E-state index contributed by atoms with van der Waals surface area (Å²) in [5, 5.41) is 18.3. The van der Waals surface area contributed by atoms with Gasteiger partial charge in [0.2, 0.25) is 0 Å². The number of nitrogens with zero attached hydrogens (tertiary/aromatic N) is 4. The highest BCUT2D eigenvalue weighted by Gasteiger charge is 2.41. The highest BCUT2D eigenvalue weighted by atomic mass is 19.4. The molecule has 0 bridgehead atoms. The first-order valence-corrected chi connectivity index (χ1v) is 10.6. The molecule has 9 heteroatoms. The van der Waals surface area contributed by atoms with Gasteiger partial charge >= 0.3 is 6.18 Å². The number of alkyl halides is 3. The van der Waals surface area contributed by atoms with Gasteiger partial charge in [-0.05, 0) is 60.7 Å². The summed E-state index contributed by atoms with van der Waals surface area (Å²) in [6, 6.07) is 9.57. The van der Waals surface area contributed by atoms with Crippen molar-refractivity contribution in [3.63, 3.8) is 0 Å². The molecule has 1 amide bonds. The maximum Gasteiger partial charge on any atom is 0.416 e. The minimum Gasteiger partial charge on any atom is -0.386 e. The second-order valence-electron chi connectivity index (χ2n) is 9.06. The van der Waals surface area contributed by atoms with E-state index in [1.54, 1.807) is 18.5 Å². The minimum atomic E-state index is -4.64. The van der Waals surface area contributed by atoms with E-state index in [4.69, 9.17) is 0 Å². The lowest BCUT2D eigenvalue weighted by molar-refractivity contribution is -0.138. The largest absolute Gasteiger partial charge is 0.416 e. The number of halogens is 3. The standard InChI is InChI=1S/C24H25F3N4O2/c1-14(8-21-29-28-13-30(21)4)15-6-5-7-17(9-15)31-12-19-18(22(31)32)10-16(23(2,3)33)11-20(19)24(25,26)27/h5-7,9-11,13-14,33H,8,12H2,1-4H3/t14-/m1/s1. The number of hydrogen-bond donors (Lipinski definition) is 1. The zero-order valence-electron chi connectivity index (χ0n) is 18.8. The first kappa shape index (κ1) is 23.0. The Kier molecular flexibility index (Phi) is 5.56. The average molecular weight is 458 g/mol. The lowest BCUT2D eigenvalue weighted by Gasteiger charge is -2.21. The van der Waals surface area contributed by atoms with Gasteiger partial charge in [-0.15, -0.1) is 10.2 Å². The summed E-state index contributed by atoms with van der Waals surface area (Å²) in [5.41, 5.74) is -0.992. The predicted molar refractivity (Wildman–Crippen MR) is 117 cm³/mol. The molecule has 0 unspecified atom stereocenters. The Balaban J connectivity index is 1.69. The van der Waals surface area contributed by atoms with E-state index in [0.717, 1.165) is 17.5 Å². The number of aryl methyl sites for hydroxylation is 1. The van der Waals surface area contributed by atoms with Crippen molar-refractivity contribution in [3.05, 3.63) is 76.4 Å². The van der Waals surface area contributed by atoms with Crippen LogP contribution in [0.2, 0.25) is 0 Å². The van der Waals surface area contributed by atoms with Crippen molar-refractivity contribution in [2.24, 2.45) is 7.05 Å². The molecule has 0 spiro atoms. The topological polar surface area (TPSA) is 71.2 Å². The Morgan fingerprint density at radius 1 is 1.18 bits per heavy atom. The summed E-state index contributed by atoms with van der Waals surface area (Å²) in [4.78, 5) is 14.5. The third-order valence-electron chi connectivity index (χ3n) is 6.10. The quantitative estimate of drug-likeness (QED) is 0.608. The van der Waals surface area contributed by atoms with Gasteiger partial charge < -0.3 is 14.6 Å². The van der Waals surface area contributed by atoms with Gasteiger partial charge in [-0.3, -0.25) is 4.79 Å². The van der Waals surface area contributed by atoms with Crippen LogP contribution in [0.3, 0.4) is 0 Å². The second kappa shape index (κ2) is 7.98. The molecular weight excluding hydrogens is 433 g/mol. The Labute approximate surface area is 189 Å². The minimum absolute atomic E-state index is 0.0283. The summed E-state index contributed by atoms with van der Waals surface area (Å²) in [7, 11) is 1.86. The fourth-order valence-electron chi connectivity index (χ4n) is 4.11. The van der Waals surface area contributed by atoms with Crippen molar-refractivity contribution in [3.8, 4) is 0 Å². The van der Waals surface area contributed by atoms with Gasteiger partial charge in [0.15, 0.2) is 0 Å². The molecule has 174 valence electrons. The molecule has 1 atom stereocenters. The summed E-state index contributed by atoms with van der Waals surface area (Å²) < 4.78 is 43.3. The van der Waals surface area contributed by atoms with Crippen LogP contribution in [0.4, 0.5) is 18.9 Å². The van der Waals surface area contributed by atoms with E-state index >= 15 is 0 Å². The van der Waals surface area contributed by atoms with E-state index < -0.39 is 23.2 Å². The Morgan fingerprint density at radius 2 is 1.91 bits per heavy atom. The molecule has 4 rings (SSSR count). The molecule has 2 aromatic carbocycles. The smallest absolute Gasteiger partial charge is 0.386 e. The maximum atomic E-state index is 13.8. The van der Waals surface area contributed by atoms with Crippen LogP contribution in [0.5, 0.6) is 0 Å². The third-order valence-corrected chi connectivity index (χ3v) is 6.10. The molecule has 0 saturated heterocycles. The van der Waals surface area contributed by atoms with E-state index in [-0.39, 0.29) is 29.2 Å². The van der Waals surface area contributed by atoms with Crippen LogP contribution < -0.4 is 4.90 Å². The highest BCUT2D eigenvalue weighted by Crippen LogP contribution is 2.41. The molecule has 1 aliphatic rings. The molecule has 0 radical (unpaired) electrons. The molecule has 3 aromatic rings. The van der Waals surface area contributed by atoms with E-state index in [0.29, 0.717) is 12.1 Å². The molecule has 0 fully saturated rings. The van der Waals surface area contributed by atoms with Crippen LogP contribution in [0.1, 0.15) is 65.1 Å². The Bertz CT molecular complexity index is 1210. The molecule has 1 aromatic heterocycles. The number of fused-ring (bicyclic) bond motifs is 1. The maximum absolute atomic E-state index is 13.8. The predicted octanol–water partition coefficient (Wildman–Crippen LogP) is 4.57. The molecular formula is C24H25F3N4O2. The van der Waals surface area contributed by atoms with Crippen molar-refractivity contribution < 1.29 is 23.1 Å². The monoisotopic (exact) mass is 458 g/mol. The van der Waals surface area contributed by atoms with Crippen LogP contribution >= 0.6 is 0 Å². The Hall–Kier alpha value is -3.20. The molecule has 0 aliphatic carbocycles. The molecule has 2 heterocycles. The number of anilines is 1. The second-order valence-corrected chi connectivity index (χ2v) is 9.06. The van der Waals surface area contributed by atoms with Crippen LogP contribution in [0.25, 0.3) is 0 Å². The average Bonchev–Trinajstić information content (AvgIpc) is 3.29. The number of carbonyl (C=O) groups excluding carboxylic acids is 1. The van der Waals surface area contributed by atoms with Crippen LogP contribution in [0, 0.1) is 0 Å². The van der Waals surface area contributed by atoms with Crippen molar-refractivity contribution >= 4 is 11.6 Å². The van der Waals surface area contributed by atoms with Crippen molar-refractivity contribution in [2.45, 2.75) is 51.4 Å². The fraction of sp³-hybridized carbons (Fsp3) is 0.375. The number of benzene rings is 2. The van der Waals surface area contributed by atoms with Crippen molar-refractivity contribution in [1.29, 1.82) is 0 Å². The summed E-state index contributed by atoms with van der Waals surface area (Å²) in [5.74, 6) is 0.353. The molecule has 1 aliphatic heterocycles. The summed E-state index contributed by atoms with van der Waals surface area (Å²) in [6.07, 6.45) is -2.39. The number of hydrogen-bond acceptors (Lipinski definition) is 4. The van der Waals surface area contributed by atoms with Crippen LogP contribution in [-0.2, 0) is 31.8 Å². The third kappa shape index (κ3) is 4.37. The van der Waals surface area contributed by atoms with E-state index in [1.807, 2.05) is 30.7 Å². The van der Waals surface area contributed by atoms with E-state index in [1.165, 1.54) is 24.8 Å². The number of carbonyl (C=O) groups is 1. The van der Waals surface area contributed by atoms with Crippen LogP contribution in [0.15, 0.2) is 42.7 Å². The zero-order chi connectivity index (χ0) is 24.1. The normalized spacial score (nSPS) is 15.2. The lowest BCUT2D eigenvalue weighted by Crippen LogP contribution is -2.23. The zero-order valence-corrected chi connectivity index (χ0v) is 18.8. The first-order chi connectivity index (χ1) is 15.4. The summed E-state index contributed by atoms with van der Waals surface area (Å²) in [6.45, 7) is 4.63. The van der Waals surface area contributed by atoms with Gasteiger partial charge in [0, 0.05) is 24.7 Å². The molecule has 33 heavy (non-hydrogen) atoms. The Morgan fingerprint density at radius 3 is 2.52 bits per heavy atom. The van der Waals surface area contributed by atoms with Gasteiger partial charge in [0.1, 0.15) is 12.2 Å². The number of aromatic nitrogens is 3. The molecule has 6 nitrogen and oxygen atoms in total. The van der Waals surface area contributed by atoms with Crippen molar-refractivity contribution in [2.75, 3.05) is 4.90 Å². The van der Waals surface area contributed by atoms with Gasteiger partial charge in [-0.2, -0.15) is 13.2 Å². The summed E-state index contributed by atoms with van der Waals surface area (Å²) >= 11 is 0. The van der Waals surface area contributed by atoms with Gasteiger partial charge in [-0.25, -0.2) is 0 Å². The number of aliphatic hydroxyl groups is 1. The number of amides is 1. The molecule has 0 saturated carbocycles. The highest BCUT2D eigenvalue weighted by molar-refractivity contribution is 6.10. The van der Waals surface area contributed by atoms with Crippen molar-refractivity contribution in [1.82, 2.24) is 14.8 Å². The van der Waals surface area contributed by atoms with Gasteiger partial charge in [-0.1, -0.05) is 19.1 Å².